The van der Waals surface area contributed by atoms with Gasteiger partial charge in [0.1, 0.15) is 5.82 Å². The second kappa shape index (κ2) is 6.40. The van der Waals surface area contributed by atoms with Crippen molar-refractivity contribution in [3.63, 3.8) is 0 Å². The van der Waals surface area contributed by atoms with Crippen LogP contribution in [0.15, 0.2) is 6.07 Å². The molecule has 130 valence electrons. The normalized spacial score (nSPS) is 13.3. The van der Waals surface area contributed by atoms with E-state index in [1.54, 1.807) is 20.8 Å². The van der Waals surface area contributed by atoms with Gasteiger partial charge in [0.15, 0.2) is 0 Å². The summed E-state index contributed by atoms with van der Waals surface area (Å²) in [6.45, 7) is 11.1. The Hall–Kier alpha value is -0.550. The minimum absolute atomic E-state index is 0.304. The van der Waals surface area contributed by atoms with Crippen LogP contribution in [0.4, 0.5) is 4.39 Å². The van der Waals surface area contributed by atoms with E-state index in [1.807, 2.05) is 20.8 Å². The maximum Gasteiger partial charge on any atom is 0.396 e. The molecule has 1 aromatic rings. The number of halogens is 2. The van der Waals surface area contributed by atoms with E-state index < -0.39 is 35.3 Å². The number of carbonyl (C=O) groups excluding carboxylic acids is 1. The molecule has 0 aliphatic carbocycles. The Labute approximate surface area is 144 Å². The number of hydrogen-bond donors (Lipinski definition) is 2. The minimum atomic E-state index is -5.06. The van der Waals surface area contributed by atoms with Crippen molar-refractivity contribution in [3.8, 4) is 0 Å². The van der Waals surface area contributed by atoms with Gasteiger partial charge < -0.3 is 9.79 Å². The van der Waals surface area contributed by atoms with Gasteiger partial charge in [-0.3, -0.25) is 9.36 Å². The molecule has 4 nitrogen and oxygen atoms in total. The molecule has 0 bridgehead atoms. The van der Waals surface area contributed by atoms with Gasteiger partial charge in [-0.2, -0.15) is 0 Å². The highest BCUT2D eigenvalue weighted by atomic mass is 79.9. The van der Waals surface area contributed by atoms with E-state index in [-0.39, 0.29) is 0 Å². The third-order valence-corrected chi connectivity index (χ3v) is 4.89. The molecule has 0 radical (unpaired) electrons. The van der Waals surface area contributed by atoms with Crippen molar-refractivity contribution in [1.29, 1.82) is 0 Å². The SMILES string of the molecule is CC(C)(C)c1cc(C(=O)P(=O)(O)O)c(F)c(C(C)(C)C)c1CBr. The Morgan fingerprint density at radius 3 is 1.96 bits per heavy atom. The van der Waals surface area contributed by atoms with E-state index in [1.165, 1.54) is 6.07 Å². The summed E-state index contributed by atoms with van der Waals surface area (Å²) >= 11 is 3.37. The van der Waals surface area contributed by atoms with Crippen LogP contribution >= 0.6 is 23.5 Å². The van der Waals surface area contributed by atoms with E-state index in [4.69, 9.17) is 9.79 Å². The van der Waals surface area contributed by atoms with Crippen molar-refractivity contribution in [2.75, 3.05) is 0 Å². The summed E-state index contributed by atoms with van der Waals surface area (Å²) in [6.07, 6.45) is 0. The Morgan fingerprint density at radius 2 is 1.65 bits per heavy atom. The van der Waals surface area contributed by atoms with Crippen molar-refractivity contribution in [2.24, 2.45) is 0 Å². The van der Waals surface area contributed by atoms with Crippen LogP contribution in [0.1, 0.15) is 68.6 Å². The lowest BCUT2D eigenvalue weighted by Gasteiger charge is -2.31. The van der Waals surface area contributed by atoms with Crippen molar-refractivity contribution in [3.05, 3.63) is 34.1 Å². The van der Waals surface area contributed by atoms with Crippen LogP contribution in [0.5, 0.6) is 0 Å². The lowest BCUT2D eigenvalue weighted by molar-refractivity contribution is 0.103. The van der Waals surface area contributed by atoms with Crippen molar-refractivity contribution >= 4 is 29.1 Å². The maximum atomic E-state index is 15.0. The van der Waals surface area contributed by atoms with Crippen molar-refractivity contribution < 1.29 is 23.5 Å². The summed E-state index contributed by atoms with van der Waals surface area (Å²) in [5.41, 5.74) is -1.36. The molecule has 0 aliphatic heterocycles. The van der Waals surface area contributed by atoms with Crippen LogP contribution in [0, 0.1) is 5.82 Å². The summed E-state index contributed by atoms with van der Waals surface area (Å²) in [7, 11) is -5.06. The molecule has 0 fully saturated rings. The highest BCUT2D eigenvalue weighted by molar-refractivity contribution is 9.08. The van der Waals surface area contributed by atoms with Gasteiger partial charge in [-0.1, -0.05) is 57.5 Å². The third kappa shape index (κ3) is 4.30. The second-order valence-electron chi connectivity index (χ2n) is 7.62. The largest absolute Gasteiger partial charge is 0.396 e. The number of benzene rings is 1. The molecule has 1 aromatic carbocycles. The fourth-order valence-corrected chi connectivity index (χ4v) is 3.66. The predicted octanol–water partition coefficient (Wildman–Crippen LogP) is 4.63. The topological polar surface area (TPSA) is 74.6 Å². The lowest BCUT2D eigenvalue weighted by atomic mass is 9.75. The van der Waals surface area contributed by atoms with Gasteiger partial charge in [0.2, 0.25) is 0 Å². The molecule has 0 amide bonds. The van der Waals surface area contributed by atoms with E-state index in [2.05, 4.69) is 15.9 Å². The molecule has 7 heteroatoms. The van der Waals surface area contributed by atoms with E-state index in [0.717, 1.165) is 0 Å². The van der Waals surface area contributed by atoms with Gasteiger partial charge >= 0.3 is 7.60 Å². The fourth-order valence-electron chi connectivity index (χ4n) is 2.60. The molecule has 0 saturated heterocycles. The molecule has 0 aliphatic rings. The Balaban J connectivity index is 3.97. The lowest BCUT2D eigenvalue weighted by Crippen LogP contribution is -2.24. The average Bonchev–Trinajstić information content (AvgIpc) is 2.32. The molecule has 2 N–H and O–H groups in total. The van der Waals surface area contributed by atoms with Gasteiger partial charge in [-0.25, -0.2) is 4.39 Å². The minimum Gasteiger partial charge on any atom is -0.319 e. The van der Waals surface area contributed by atoms with E-state index in [0.29, 0.717) is 22.0 Å². The zero-order valence-corrected chi connectivity index (χ0v) is 16.7. The predicted molar refractivity (Wildman–Crippen MR) is 92.8 cm³/mol. The molecule has 0 atom stereocenters. The highest BCUT2D eigenvalue weighted by Crippen LogP contribution is 2.44. The molecule has 0 heterocycles. The average molecular weight is 409 g/mol. The zero-order valence-electron chi connectivity index (χ0n) is 14.2. The first-order chi connectivity index (χ1) is 10.1. The number of alkyl halides is 1. The zero-order chi connectivity index (χ0) is 18.4. The Bertz CT molecular complexity index is 681. The fraction of sp³-hybridized carbons (Fsp3) is 0.562. The first-order valence-electron chi connectivity index (χ1n) is 7.15. The molecule has 23 heavy (non-hydrogen) atoms. The second-order valence-corrected chi connectivity index (χ2v) is 9.68. The summed E-state index contributed by atoms with van der Waals surface area (Å²) in [5, 5.41) is 0.382. The van der Waals surface area contributed by atoms with Gasteiger partial charge in [-0.15, -0.1) is 0 Å². The number of carbonyl (C=O) groups is 1. The van der Waals surface area contributed by atoms with Crippen molar-refractivity contribution in [1.82, 2.24) is 0 Å². The third-order valence-electron chi connectivity index (χ3n) is 3.56. The molecule has 0 saturated carbocycles. The van der Waals surface area contributed by atoms with E-state index in [9.17, 15) is 13.8 Å². The monoisotopic (exact) mass is 408 g/mol. The van der Waals surface area contributed by atoms with Gasteiger partial charge in [0, 0.05) is 5.33 Å². The first kappa shape index (κ1) is 20.5. The maximum absolute atomic E-state index is 15.0. The molecule has 0 spiro atoms. The molecule has 0 aromatic heterocycles. The van der Waals surface area contributed by atoms with Gasteiger partial charge in [0.25, 0.3) is 5.52 Å². The Morgan fingerprint density at radius 1 is 1.17 bits per heavy atom. The summed E-state index contributed by atoms with van der Waals surface area (Å²) in [6, 6.07) is 1.28. The summed E-state index contributed by atoms with van der Waals surface area (Å²) in [5.74, 6) is -0.853. The van der Waals surface area contributed by atoms with Gasteiger partial charge in [-0.05, 0) is 33.6 Å². The van der Waals surface area contributed by atoms with Gasteiger partial charge in [0.05, 0.1) is 5.56 Å². The highest BCUT2D eigenvalue weighted by Gasteiger charge is 2.36. The molecular formula is C16H23BrFO4P. The van der Waals surface area contributed by atoms with Crippen molar-refractivity contribution in [2.45, 2.75) is 57.7 Å². The molecule has 1 rings (SSSR count). The van der Waals surface area contributed by atoms with E-state index >= 15 is 0 Å². The first-order valence-corrected chi connectivity index (χ1v) is 9.88. The van der Waals surface area contributed by atoms with Crippen LogP contribution in [0.25, 0.3) is 0 Å². The standard InChI is InChI=1S/C16H23BrFO4P/c1-15(2,3)11-7-9(14(19)23(20,21)22)13(18)12(10(11)8-17)16(4,5)6/h7H,8H2,1-6H3,(H2,20,21,22). The quantitative estimate of drug-likeness (QED) is 0.564. The van der Waals surface area contributed by atoms with Crippen LogP contribution < -0.4 is 0 Å². The molecule has 0 unspecified atom stereocenters. The molecular weight excluding hydrogens is 386 g/mol. The summed E-state index contributed by atoms with van der Waals surface area (Å²) in [4.78, 5) is 30.4. The number of hydrogen-bond acceptors (Lipinski definition) is 2. The smallest absolute Gasteiger partial charge is 0.319 e. The summed E-state index contributed by atoms with van der Waals surface area (Å²) < 4.78 is 26.3. The number of rotatable bonds is 3. The van der Waals surface area contributed by atoms with Crippen LogP contribution in [0.3, 0.4) is 0 Å². The Kier molecular flexibility index (Phi) is 5.70. The van der Waals surface area contributed by atoms with Crippen LogP contribution in [-0.4, -0.2) is 15.3 Å². The van der Waals surface area contributed by atoms with Crippen LogP contribution in [0.2, 0.25) is 0 Å². The van der Waals surface area contributed by atoms with Crippen LogP contribution in [-0.2, 0) is 20.7 Å².